The van der Waals surface area contributed by atoms with Gasteiger partial charge in [-0.15, -0.1) is 0 Å². The van der Waals surface area contributed by atoms with Gasteiger partial charge in [0.2, 0.25) is 0 Å². The van der Waals surface area contributed by atoms with Crippen molar-refractivity contribution in [3.8, 4) is 11.1 Å². The van der Waals surface area contributed by atoms with Crippen molar-refractivity contribution >= 4 is 0 Å². The number of rotatable bonds is 5. The summed E-state index contributed by atoms with van der Waals surface area (Å²) in [5, 5.41) is 0. The highest BCUT2D eigenvalue weighted by Crippen LogP contribution is 2.18. The Morgan fingerprint density at radius 1 is 0.941 bits per heavy atom. The van der Waals surface area contributed by atoms with E-state index >= 15 is 0 Å². The molecular formula is C15H17N2. The molecule has 1 aromatic carbocycles. The minimum atomic E-state index is 1.05. The van der Waals surface area contributed by atoms with Gasteiger partial charge >= 0.3 is 0 Å². The predicted molar refractivity (Wildman–Crippen MR) is 69.5 cm³/mol. The van der Waals surface area contributed by atoms with Gasteiger partial charge in [-0.3, -0.25) is 0 Å². The Hall–Kier alpha value is -1.70. The highest BCUT2D eigenvalue weighted by molar-refractivity contribution is 5.61. The van der Waals surface area contributed by atoms with E-state index in [0.717, 1.165) is 5.56 Å². The largest absolute Gasteiger partial charge is 0.233 e. The van der Waals surface area contributed by atoms with E-state index in [1.807, 2.05) is 0 Å². The minimum Gasteiger partial charge on any atom is -0.233 e. The molecule has 87 valence electrons. The third-order valence-corrected chi connectivity index (χ3v) is 2.88. The Bertz CT molecular complexity index is 434. The Morgan fingerprint density at radius 3 is 2.29 bits per heavy atom. The molecule has 2 heteroatoms. The fourth-order valence-electron chi connectivity index (χ4n) is 1.86. The van der Waals surface area contributed by atoms with Crippen molar-refractivity contribution in [2.75, 3.05) is 0 Å². The van der Waals surface area contributed by atoms with Crippen molar-refractivity contribution in [2.24, 2.45) is 0 Å². The molecule has 0 unspecified atom stereocenters. The summed E-state index contributed by atoms with van der Waals surface area (Å²) in [4.78, 5) is 7.82. The number of aryl methyl sites for hydroxylation is 1. The first kappa shape index (κ1) is 11.8. The molecule has 17 heavy (non-hydrogen) atoms. The summed E-state index contributed by atoms with van der Waals surface area (Å²) >= 11 is 0. The average molecular weight is 225 g/mol. The normalized spacial score (nSPS) is 10.4. The van der Waals surface area contributed by atoms with Gasteiger partial charge in [0.1, 0.15) is 0 Å². The number of unbranched alkanes of at least 4 members (excludes halogenated alkanes) is 2. The zero-order valence-electron chi connectivity index (χ0n) is 10.2. The van der Waals surface area contributed by atoms with Crippen LogP contribution in [0.5, 0.6) is 0 Å². The molecule has 0 saturated carbocycles. The summed E-state index contributed by atoms with van der Waals surface area (Å²) in [6.07, 6.45) is 11.2. The maximum atomic E-state index is 3.91. The third-order valence-electron chi connectivity index (χ3n) is 2.88. The van der Waals surface area contributed by atoms with Crippen LogP contribution in [-0.4, -0.2) is 9.97 Å². The maximum absolute atomic E-state index is 3.91. The molecular weight excluding hydrogens is 208 g/mol. The van der Waals surface area contributed by atoms with Gasteiger partial charge < -0.3 is 0 Å². The predicted octanol–water partition coefficient (Wildman–Crippen LogP) is 3.68. The first-order valence-electron chi connectivity index (χ1n) is 6.17. The van der Waals surface area contributed by atoms with E-state index in [2.05, 4.69) is 47.5 Å². The van der Waals surface area contributed by atoms with Crippen LogP contribution in [0, 0.1) is 6.33 Å². The molecule has 2 nitrogen and oxygen atoms in total. The van der Waals surface area contributed by atoms with Crippen LogP contribution in [0.15, 0.2) is 36.7 Å². The third kappa shape index (κ3) is 3.38. The van der Waals surface area contributed by atoms with Crippen LogP contribution in [0.1, 0.15) is 31.7 Å². The first-order chi connectivity index (χ1) is 8.40. The Kier molecular flexibility index (Phi) is 4.25. The molecule has 0 spiro atoms. The van der Waals surface area contributed by atoms with Crippen molar-refractivity contribution in [1.29, 1.82) is 0 Å². The summed E-state index contributed by atoms with van der Waals surface area (Å²) in [5.74, 6) is 0. The summed E-state index contributed by atoms with van der Waals surface area (Å²) in [5.41, 5.74) is 3.62. The molecule has 1 radical (unpaired) electrons. The molecule has 0 amide bonds. The van der Waals surface area contributed by atoms with Gasteiger partial charge in [0.05, 0.1) is 0 Å². The van der Waals surface area contributed by atoms with Crippen LogP contribution in [0.3, 0.4) is 0 Å². The standard InChI is InChI=1S/C15H17N2/c1-2-3-4-5-13-6-8-14(9-7-13)15-10-16-12-17-11-15/h6-11H,2-5H2,1H3. The van der Waals surface area contributed by atoms with E-state index in [-0.39, 0.29) is 0 Å². The van der Waals surface area contributed by atoms with E-state index in [4.69, 9.17) is 0 Å². The molecule has 0 fully saturated rings. The summed E-state index contributed by atoms with van der Waals surface area (Å²) in [7, 11) is 0. The van der Waals surface area contributed by atoms with Gasteiger partial charge in [-0.05, 0) is 24.0 Å². The van der Waals surface area contributed by atoms with Gasteiger partial charge in [-0.1, -0.05) is 44.0 Å². The van der Waals surface area contributed by atoms with E-state index in [9.17, 15) is 0 Å². The molecule has 0 saturated heterocycles. The number of hydrogen-bond acceptors (Lipinski definition) is 2. The van der Waals surface area contributed by atoms with Gasteiger partial charge in [-0.25, -0.2) is 9.97 Å². The molecule has 0 aliphatic carbocycles. The molecule has 0 aliphatic rings. The lowest BCUT2D eigenvalue weighted by atomic mass is 10.0. The highest BCUT2D eigenvalue weighted by Gasteiger charge is 1.98. The van der Waals surface area contributed by atoms with Crippen LogP contribution >= 0.6 is 0 Å². The number of nitrogens with zero attached hydrogens (tertiary/aromatic N) is 2. The smallest absolute Gasteiger partial charge is 0.197 e. The summed E-state index contributed by atoms with van der Waals surface area (Å²) in [6.45, 7) is 2.23. The zero-order chi connectivity index (χ0) is 11.9. The summed E-state index contributed by atoms with van der Waals surface area (Å²) < 4.78 is 0. The monoisotopic (exact) mass is 225 g/mol. The molecule has 0 atom stereocenters. The lowest BCUT2D eigenvalue weighted by molar-refractivity contribution is 0.717. The van der Waals surface area contributed by atoms with Gasteiger partial charge in [0, 0.05) is 18.0 Å². The van der Waals surface area contributed by atoms with Crippen molar-refractivity contribution in [2.45, 2.75) is 32.6 Å². The van der Waals surface area contributed by atoms with Crippen molar-refractivity contribution < 1.29 is 0 Å². The molecule has 0 bridgehead atoms. The van der Waals surface area contributed by atoms with Gasteiger partial charge in [-0.2, -0.15) is 0 Å². The van der Waals surface area contributed by atoms with E-state index < -0.39 is 0 Å². The number of hydrogen-bond donors (Lipinski definition) is 0. The van der Waals surface area contributed by atoms with Crippen LogP contribution in [0.25, 0.3) is 11.1 Å². The highest BCUT2D eigenvalue weighted by atomic mass is 14.8. The molecule has 1 heterocycles. The van der Waals surface area contributed by atoms with Crippen LogP contribution in [-0.2, 0) is 6.42 Å². The lowest BCUT2D eigenvalue weighted by Gasteiger charge is -2.03. The minimum absolute atomic E-state index is 1.05. The molecule has 1 aromatic heterocycles. The van der Waals surface area contributed by atoms with Crippen LogP contribution in [0.2, 0.25) is 0 Å². The van der Waals surface area contributed by atoms with Crippen LogP contribution in [0.4, 0.5) is 0 Å². The number of benzene rings is 1. The quantitative estimate of drug-likeness (QED) is 0.725. The van der Waals surface area contributed by atoms with Crippen LogP contribution < -0.4 is 0 Å². The fraction of sp³-hybridized carbons (Fsp3) is 0.333. The maximum Gasteiger partial charge on any atom is 0.197 e. The fourth-order valence-corrected chi connectivity index (χ4v) is 1.86. The number of aromatic nitrogens is 2. The lowest BCUT2D eigenvalue weighted by Crippen LogP contribution is -1.87. The Balaban J connectivity index is 2.03. The molecule has 2 rings (SSSR count). The van der Waals surface area contributed by atoms with Gasteiger partial charge in [0.15, 0.2) is 6.33 Å². The average Bonchev–Trinajstić information content (AvgIpc) is 2.41. The van der Waals surface area contributed by atoms with Crippen molar-refractivity contribution in [3.63, 3.8) is 0 Å². The molecule has 0 N–H and O–H groups in total. The Labute approximate surface area is 103 Å². The topological polar surface area (TPSA) is 25.8 Å². The SMILES string of the molecule is CCCCCc1ccc(-c2cn[c]nc2)cc1. The van der Waals surface area contributed by atoms with E-state index in [0.29, 0.717) is 0 Å². The second-order valence-corrected chi connectivity index (χ2v) is 4.23. The Morgan fingerprint density at radius 2 is 1.65 bits per heavy atom. The van der Waals surface area contributed by atoms with Gasteiger partial charge in [0.25, 0.3) is 0 Å². The molecule has 0 aliphatic heterocycles. The second-order valence-electron chi connectivity index (χ2n) is 4.23. The molecule has 2 aromatic rings. The second kappa shape index (κ2) is 6.14. The van der Waals surface area contributed by atoms with E-state index in [1.54, 1.807) is 12.4 Å². The summed E-state index contributed by atoms with van der Waals surface area (Å²) in [6, 6.07) is 8.67. The van der Waals surface area contributed by atoms with Crippen molar-refractivity contribution in [3.05, 3.63) is 48.5 Å². The van der Waals surface area contributed by atoms with E-state index in [1.165, 1.54) is 36.8 Å². The van der Waals surface area contributed by atoms with Crippen molar-refractivity contribution in [1.82, 2.24) is 9.97 Å². The first-order valence-corrected chi connectivity index (χ1v) is 6.17. The zero-order valence-corrected chi connectivity index (χ0v) is 10.2.